The number of amides is 1. The Kier molecular flexibility index (Phi) is 10.5. The first kappa shape index (κ1) is 22.9. The maximum Gasteiger partial charge on any atom is 0.414 e. The first-order valence-corrected chi connectivity index (χ1v) is 9.66. The van der Waals surface area contributed by atoms with E-state index in [0.717, 1.165) is 11.1 Å². The van der Waals surface area contributed by atoms with Gasteiger partial charge in [0, 0.05) is 12.8 Å². The number of guanidine groups is 1. The molecule has 0 spiro atoms. The molecule has 2 aromatic rings. The molecule has 1 amide bonds. The number of hydrogen-bond acceptors (Lipinski definition) is 5. The van der Waals surface area contributed by atoms with Gasteiger partial charge in [0.2, 0.25) is 0 Å². The zero-order valence-corrected chi connectivity index (χ0v) is 16.8. The number of alkyl carbamates (subject to hydrolysis) is 1. The second-order valence-corrected chi connectivity index (χ2v) is 6.39. The third kappa shape index (κ3) is 9.73. The summed E-state index contributed by atoms with van der Waals surface area (Å²) in [5, 5.41) is 11.3. The second-order valence-electron chi connectivity index (χ2n) is 6.39. The minimum Gasteiger partial charge on any atom is -0.444 e. The predicted octanol–water partition coefficient (Wildman–Crippen LogP) is 2.59. The molecule has 0 radical (unpaired) electrons. The molecule has 4 N–H and O–H groups in total. The van der Waals surface area contributed by atoms with Gasteiger partial charge in [0.25, 0.3) is 0 Å². The number of carbonyl (C=O) groups excluding carboxylic acids is 1. The lowest BCUT2D eigenvalue weighted by Gasteiger charge is -2.13. The second kappa shape index (κ2) is 13.8. The molecule has 0 aromatic heterocycles. The van der Waals surface area contributed by atoms with Crippen LogP contribution in [0.3, 0.4) is 0 Å². The van der Waals surface area contributed by atoms with Crippen molar-refractivity contribution in [2.75, 3.05) is 13.2 Å². The molecule has 2 rings (SSSR count). The van der Waals surface area contributed by atoms with E-state index in [-0.39, 0.29) is 31.8 Å². The van der Waals surface area contributed by atoms with E-state index in [2.05, 4.69) is 22.2 Å². The van der Waals surface area contributed by atoms with E-state index < -0.39 is 6.09 Å². The molecule has 1 atom stereocenters. The summed E-state index contributed by atoms with van der Waals surface area (Å²) in [6.07, 6.45) is 0.0901. The van der Waals surface area contributed by atoms with Gasteiger partial charge in [0.1, 0.15) is 6.61 Å². The summed E-state index contributed by atoms with van der Waals surface area (Å²) in [5.41, 5.74) is 7.77. The fourth-order valence-corrected chi connectivity index (χ4v) is 2.46. The molecule has 7 heteroatoms. The molecule has 7 nitrogen and oxygen atoms in total. The SMILES string of the molecule is NC(=NC(CC#CCCO)COCc1ccccc1)NC(=O)OCc1ccccc1. The number of nitrogens with one attached hydrogen (secondary N) is 1. The fourth-order valence-electron chi connectivity index (χ4n) is 2.46. The third-order valence-corrected chi connectivity index (χ3v) is 3.89. The number of hydrogen-bond donors (Lipinski definition) is 3. The average Bonchev–Trinajstić information content (AvgIpc) is 2.76. The summed E-state index contributed by atoms with van der Waals surface area (Å²) in [6, 6.07) is 18.7. The lowest BCUT2D eigenvalue weighted by molar-refractivity contribution is 0.109. The van der Waals surface area contributed by atoms with E-state index in [1.165, 1.54) is 0 Å². The Hall–Kier alpha value is -3.34. The first-order valence-electron chi connectivity index (χ1n) is 9.66. The van der Waals surface area contributed by atoms with Crippen molar-refractivity contribution in [2.45, 2.75) is 32.1 Å². The molecule has 0 fully saturated rings. The Morgan fingerprint density at radius 2 is 1.67 bits per heavy atom. The summed E-state index contributed by atoms with van der Waals surface area (Å²) in [5.74, 6) is 5.73. The van der Waals surface area contributed by atoms with Crippen LogP contribution >= 0.6 is 0 Å². The van der Waals surface area contributed by atoms with Crippen molar-refractivity contribution in [1.82, 2.24) is 5.32 Å². The minimum atomic E-state index is -0.685. The highest BCUT2D eigenvalue weighted by molar-refractivity contribution is 5.92. The molecule has 2 aromatic carbocycles. The summed E-state index contributed by atoms with van der Waals surface area (Å²) < 4.78 is 10.9. The van der Waals surface area contributed by atoms with Crippen LogP contribution in [-0.2, 0) is 22.7 Å². The van der Waals surface area contributed by atoms with Crippen LogP contribution < -0.4 is 11.1 Å². The molecule has 0 saturated heterocycles. The van der Waals surface area contributed by atoms with Crippen LogP contribution in [0.2, 0.25) is 0 Å². The molecular formula is C23H27N3O4. The van der Waals surface area contributed by atoms with Crippen molar-refractivity contribution in [1.29, 1.82) is 0 Å². The Balaban J connectivity index is 1.86. The highest BCUT2D eigenvalue weighted by Crippen LogP contribution is 2.05. The van der Waals surface area contributed by atoms with Gasteiger partial charge in [0.15, 0.2) is 5.96 Å². The van der Waals surface area contributed by atoms with E-state index in [9.17, 15) is 4.79 Å². The molecule has 30 heavy (non-hydrogen) atoms. The number of rotatable bonds is 9. The molecule has 0 heterocycles. The summed E-state index contributed by atoms with van der Waals surface area (Å²) in [6.45, 7) is 0.853. The lowest BCUT2D eigenvalue weighted by atomic mass is 10.2. The van der Waals surface area contributed by atoms with Crippen molar-refractivity contribution < 1.29 is 19.4 Å². The smallest absolute Gasteiger partial charge is 0.414 e. The topological polar surface area (TPSA) is 106 Å². The van der Waals surface area contributed by atoms with E-state index in [1.54, 1.807) is 0 Å². The van der Waals surface area contributed by atoms with Gasteiger partial charge in [-0.2, -0.15) is 0 Å². The number of benzene rings is 2. The van der Waals surface area contributed by atoms with E-state index in [4.69, 9.17) is 20.3 Å². The zero-order valence-electron chi connectivity index (χ0n) is 16.8. The fraction of sp³-hybridized carbons (Fsp3) is 0.304. The van der Waals surface area contributed by atoms with Gasteiger partial charge in [-0.3, -0.25) is 5.32 Å². The van der Waals surface area contributed by atoms with Crippen molar-refractivity contribution in [2.24, 2.45) is 10.7 Å². The molecule has 158 valence electrons. The van der Waals surface area contributed by atoms with Gasteiger partial charge < -0.3 is 20.3 Å². The van der Waals surface area contributed by atoms with Gasteiger partial charge in [-0.1, -0.05) is 60.7 Å². The van der Waals surface area contributed by atoms with E-state index in [1.807, 2.05) is 60.7 Å². The Morgan fingerprint density at radius 3 is 2.30 bits per heavy atom. The number of nitrogens with zero attached hydrogens (tertiary/aromatic N) is 1. The Morgan fingerprint density at radius 1 is 1.03 bits per heavy atom. The number of aliphatic hydroxyl groups excluding tert-OH is 1. The Labute approximate surface area is 176 Å². The predicted molar refractivity (Wildman–Crippen MR) is 115 cm³/mol. The van der Waals surface area contributed by atoms with Gasteiger partial charge in [0.05, 0.1) is 25.9 Å². The van der Waals surface area contributed by atoms with E-state index >= 15 is 0 Å². The number of aliphatic imine (C=N–C) groups is 1. The number of aliphatic hydroxyl groups is 1. The zero-order chi connectivity index (χ0) is 21.4. The molecule has 0 aliphatic carbocycles. The van der Waals surface area contributed by atoms with Crippen LogP contribution in [0.25, 0.3) is 0 Å². The van der Waals surface area contributed by atoms with Crippen molar-refractivity contribution >= 4 is 12.1 Å². The largest absolute Gasteiger partial charge is 0.444 e. The molecule has 0 bridgehead atoms. The lowest BCUT2D eigenvalue weighted by Crippen LogP contribution is -2.38. The maximum atomic E-state index is 11.9. The van der Waals surface area contributed by atoms with Crippen LogP contribution in [0.5, 0.6) is 0 Å². The highest BCUT2D eigenvalue weighted by Gasteiger charge is 2.10. The Bertz CT molecular complexity index is 845. The molecule has 0 saturated carbocycles. The normalized spacial score (nSPS) is 11.8. The molecule has 0 aliphatic heterocycles. The quantitative estimate of drug-likeness (QED) is 0.335. The molecule has 1 unspecified atom stereocenters. The number of carbonyl (C=O) groups is 1. The van der Waals surface area contributed by atoms with Gasteiger partial charge >= 0.3 is 6.09 Å². The number of nitrogens with two attached hydrogens (primary N) is 1. The maximum absolute atomic E-state index is 11.9. The first-order chi connectivity index (χ1) is 14.7. The highest BCUT2D eigenvalue weighted by atomic mass is 16.5. The van der Waals surface area contributed by atoms with E-state index in [0.29, 0.717) is 19.4 Å². The summed E-state index contributed by atoms with van der Waals surface area (Å²) >= 11 is 0. The van der Waals surface area contributed by atoms with Crippen LogP contribution in [0.15, 0.2) is 65.7 Å². The summed E-state index contributed by atoms with van der Waals surface area (Å²) in [4.78, 5) is 16.2. The molecular weight excluding hydrogens is 382 g/mol. The van der Waals surface area contributed by atoms with Gasteiger partial charge in [-0.15, -0.1) is 11.8 Å². The summed E-state index contributed by atoms with van der Waals surface area (Å²) in [7, 11) is 0. The van der Waals surface area contributed by atoms with Crippen LogP contribution in [0.4, 0.5) is 4.79 Å². The molecule has 0 aliphatic rings. The monoisotopic (exact) mass is 409 g/mol. The van der Waals surface area contributed by atoms with Crippen molar-refractivity contribution in [3.8, 4) is 11.8 Å². The number of ether oxygens (including phenoxy) is 2. The minimum absolute atomic E-state index is 0.00237. The van der Waals surface area contributed by atoms with Gasteiger partial charge in [-0.05, 0) is 11.1 Å². The standard InChI is InChI=1S/C23H27N3O4/c24-22(26-23(28)30-17-20-12-6-2-7-13-20)25-21(14-8-3-9-15-27)18-29-16-19-10-4-1-5-11-19/h1-2,4-7,10-13,21,27H,9,14-18H2,(H3,24,25,26,28). The van der Waals surface area contributed by atoms with Crippen molar-refractivity contribution in [3.63, 3.8) is 0 Å². The van der Waals surface area contributed by atoms with Crippen LogP contribution in [-0.4, -0.2) is 36.4 Å². The van der Waals surface area contributed by atoms with Gasteiger partial charge in [-0.25, -0.2) is 9.79 Å². The van der Waals surface area contributed by atoms with Crippen LogP contribution in [0, 0.1) is 11.8 Å². The average molecular weight is 409 g/mol. The van der Waals surface area contributed by atoms with Crippen LogP contribution in [0.1, 0.15) is 24.0 Å². The third-order valence-electron chi connectivity index (χ3n) is 3.89. The van der Waals surface area contributed by atoms with Crippen molar-refractivity contribution in [3.05, 3.63) is 71.8 Å².